The lowest BCUT2D eigenvalue weighted by Crippen LogP contribution is -2.22. The summed E-state index contributed by atoms with van der Waals surface area (Å²) < 4.78 is 7.45. The lowest BCUT2D eigenvalue weighted by Gasteiger charge is -2.31. The molecule has 2 atom stereocenters. The number of ether oxygens (including phenoxy) is 1. The fraction of sp³-hybridized carbons (Fsp3) is 0.800. The molecule has 1 fully saturated rings. The fourth-order valence-electron chi connectivity index (χ4n) is 3.03. The van der Waals surface area contributed by atoms with Gasteiger partial charge in [0.05, 0.1) is 5.69 Å². The molecule has 4 heteroatoms. The Labute approximate surface area is 116 Å². The Balaban J connectivity index is 2.02. The van der Waals surface area contributed by atoms with E-state index in [2.05, 4.69) is 34.9 Å². The summed E-state index contributed by atoms with van der Waals surface area (Å²) in [5.74, 6) is 1.79. The quantitative estimate of drug-likeness (QED) is 0.801. The van der Waals surface area contributed by atoms with E-state index in [1.807, 2.05) is 0 Å². The number of hydrogen-bond donors (Lipinski definition) is 1. The summed E-state index contributed by atoms with van der Waals surface area (Å²) in [6.07, 6.45) is 8.56. The first-order valence-electron chi connectivity index (χ1n) is 7.50. The first-order chi connectivity index (χ1) is 9.22. The van der Waals surface area contributed by atoms with Crippen LogP contribution in [0.25, 0.3) is 0 Å². The van der Waals surface area contributed by atoms with Gasteiger partial charge in [0.25, 0.3) is 0 Å². The monoisotopic (exact) mass is 265 g/mol. The number of hydrogen-bond acceptors (Lipinski definition) is 3. The second-order valence-electron chi connectivity index (χ2n) is 5.72. The molecule has 2 rings (SSSR count). The van der Waals surface area contributed by atoms with Gasteiger partial charge in [-0.3, -0.25) is 0 Å². The number of anilines is 1. The molecular formula is C15H27N3O. The Morgan fingerprint density at radius 2 is 2.21 bits per heavy atom. The Kier molecular flexibility index (Phi) is 5.25. The van der Waals surface area contributed by atoms with E-state index in [4.69, 9.17) is 4.74 Å². The molecule has 1 aliphatic rings. The van der Waals surface area contributed by atoms with Crippen molar-refractivity contribution >= 4 is 5.95 Å². The summed E-state index contributed by atoms with van der Waals surface area (Å²) in [5.41, 5.74) is 1.10. The van der Waals surface area contributed by atoms with Gasteiger partial charge >= 0.3 is 0 Å². The van der Waals surface area contributed by atoms with Crippen LogP contribution < -0.4 is 5.32 Å². The van der Waals surface area contributed by atoms with E-state index in [0.717, 1.165) is 37.1 Å². The van der Waals surface area contributed by atoms with Crippen LogP contribution in [0.4, 0.5) is 5.95 Å². The largest absolute Gasteiger partial charge is 0.385 e. The van der Waals surface area contributed by atoms with E-state index >= 15 is 0 Å². The molecule has 1 saturated carbocycles. The van der Waals surface area contributed by atoms with Gasteiger partial charge in [0.1, 0.15) is 0 Å². The predicted octanol–water partition coefficient (Wildman–Crippen LogP) is 3.39. The van der Waals surface area contributed by atoms with Crippen LogP contribution in [0.1, 0.15) is 50.8 Å². The number of nitrogens with one attached hydrogen (secondary N) is 1. The molecule has 0 aliphatic heterocycles. The fourth-order valence-corrected chi connectivity index (χ4v) is 3.03. The van der Waals surface area contributed by atoms with Gasteiger partial charge < -0.3 is 14.6 Å². The second-order valence-corrected chi connectivity index (χ2v) is 5.72. The number of aromatic nitrogens is 2. The van der Waals surface area contributed by atoms with Gasteiger partial charge in [-0.1, -0.05) is 19.8 Å². The van der Waals surface area contributed by atoms with E-state index in [-0.39, 0.29) is 0 Å². The van der Waals surface area contributed by atoms with Crippen LogP contribution in [0, 0.1) is 12.8 Å². The van der Waals surface area contributed by atoms with Crippen LogP contribution in [-0.2, 0) is 4.74 Å². The lowest BCUT2D eigenvalue weighted by molar-refractivity contribution is 0.197. The molecule has 0 radical (unpaired) electrons. The molecule has 2 unspecified atom stereocenters. The number of aryl methyl sites for hydroxylation is 1. The van der Waals surface area contributed by atoms with Crippen molar-refractivity contribution in [1.29, 1.82) is 0 Å². The van der Waals surface area contributed by atoms with Crippen LogP contribution in [-0.4, -0.2) is 29.8 Å². The van der Waals surface area contributed by atoms with E-state index in [0.29, 0.717) is 6.04 Å². The van der Waals surface area contributed by atoms with Crippen LogP contribution in [0.2, 0.25) is 0 Å². The highest BCUT2D eigenvalue weighted by Gasteiger charge is 2.24. The van der Waals surface area contributed by atoms with Crippen LogP contribution in [0.15, 0.2) is 6.20 Å². The van der Waals surface area contributed by atoms with Crippen molar-refractivity contribution in [3.8, 4) is 0 Å². The smallest absolute Gasteiger partial charge is 0.203 e. The maximum absolute atomic E-state index is 5.08. The minimum Gasteiger partial charge on any atom is -0.385 e. The topological polar surface area (TPSA) is 39.1 Å². The average Bonchev–Trinajstić information content (AvgIpc) is 2.76. The zero-order chi connectivity index (χ0) is 13.7. The Morgan fingerprint density at radius 1 is 1.42 bits per heavy atom. The van der Waals surface area contributed by atoms with E-state index in [1.54, 1.807) is 7.11 Å². The summed E-state index contributed by atoms with van der Waals surface area (Å²) in [4.78, 5) is 4.63. The Hall–Kier alpha value is -1.03. The number of nitrogens with zero attached hydrogens (tertiary/aromatic N) is 2. The maximum Gasteiger partial charge on any atom is 0.203 e. The molecule has 1 aromatic heterocycles. The molecule has 0 bridgehead atoms. The van der Waals surface area contributed by atoms with E-state index in [9.17, 15) is 0 Å². The molecule has 1 N–H and O–H groups in total. The van der Waals surface area contributed by atoms with Gasteiger partial charge in [-0.15, -0.1) is 0 Å². The molecule has 1 heterocycles. The van der Waals surface area contributed by atoms with Crippen molar-refractivity contribution < 1.29 is 4.74 Å². The zero-order valence-electron chi connectivity index (χ0n) is 12.5. The summed E-state index contributed by atoms with van der Waals surface area (Å²) in [6, 6.07) is 0.611. The predicted molar refractivity (Wildman–Crippen MR) is 78.6 cm³/mol. The molecule has 0 saturated heterocycles. The normalized spacial score (nSPS) is 23.5. The lowest BCUT2D eigenvalue weighted by atomic mass is 9.86. The first kappa shape index (κ1) is 14.4. The molecule has 0 aromatic carbocycles. The third kappa shape index (κ3) is 3.72. The summed E-state index contributed by atoms with van der Waals surface area (Å²) >= 11 is 0. The van der Waals surface area contributed by atoms with Crippen molar-refractivity contribution in [1.82, 2.24) is 9.55 Å². The first-order valence-corrected chi connectivity index (χ1v) is 7.50. The molecule has 4 nitrogen and oxygen atoms in total. The number of rotatable bonds is 6. The van der Waals surface area contributed by atoms with Crippen molar-refractivity contribution in [3.05, 3.63) is 11.9 Å². The van der Waals surface area contributed by atoms with Crippen LogP contribution in [0.5, 0.6) is 0 Å². The summed E-state index contributed by atoms with van der Waals surface area (Å²) in [5, 5.41) is 3.46. The van der Waals surface area contributed by atoms with Crippen molar-refractivity contribution in [2.24, 2.45) is 5.92 Å². The third-order valence-corrected chi connectivity index (χ3v) is 4.08. The van der Waals surface area contributed by atoms with Gasteiger partial charge in [0.15, 0.2) is 0 Å². The molecule has 0 spiro atoms. The molecule has 19 heavy (non-hydrogen) atoms. The number of methoxy groups -OCH3 is 1. The Bertz CT molecular complexity index is 389. The highest BCUT2D eigenvalue weighted by molar-refractivity contribution is 5.29. The molecule has 1 aliphatic carbocycles. The average molecular weight is 265 g/mol. The zero-order valence-corrected chi connectivity index (χ0v) is 12.5. The van der Waals surface area contributed by atoms with Crippen molar-refractivity contribution in [2.75, 3.05) is 25.6 Å². The number of imidazole rings is 1. The molecule has 1 aromatic rings. The SMILES string of the molecule is COCCCNc1nc(C)cn1C1CCCCC1C. The highest BCUT2D eigenvalue weighted by Crippen LogP contribution is 2.35. The van der Waals surface area contributed by atoms with E-state index in [1.165, 1.54) is 25.7 Å². The standard InChI is InChI=1S/C15H27N3O/c1-12-7-4-5-8-14(12)18-11-13(2)17-15(18)16-9-6-10-19-3/h11-12,14H,4-10H2,1-3H3,(H,16,17). The molecule has 108 valence electrons. The van der Waals surface area contributed by atoms with Gasteiger partial charge in [0.2, 0.25) is 5.95 Å². The summed E-state index contributed by atoms with van der Waals surface area (Å²) in [7, 11) is 1.74. The third-order valence-electron chi connectivity index (χ3n) is 4.08. The van der Waals surface area contributed by atoms with Gasteiger partial charge in [0, 0.05) is 32.5 Å². The van der Waals surface area contributed by atoms with Crippen molar-refractivity contribution in [3.63, 3.8) is 0 Å². The molecule has 0 amide bonds. The van der Waals surface area contributed by atoms with Gasteiger partial charge in [-0.25, -0.2) is 4.98 Å². The summed E-state index contributed by atoms with van der Waals surface area (Å²) in [6.45, 7) is 6.16. The molecular weight excluding hydrogens is 238 g/mol. The second kappa shape index (κ2) is 6.94. The van der Waals surface area contributed by atoms with Gasteiger partial charge in [-0.2, -0.15) is 0 Å². The van der Waals surface area contributed by atoms with Crippen molar-refractivity contribution in [2.45, 2.75) is 52.0 Å². The van der Waals surface area contributed by atoms with Gasteiger partial charge in [-0.05, 0) is 32.1 Å². The maximum atomic E-state index is 5.08. The van der Waals surface area contributed by atoms with Crippen LogP contribution >= 0.6 is 0 Å². The minimum absolute atomic E-state index is 0.611. The minimum atomic E-state index is 0.611. The van der Waals surface area contributed by atoms with Crippen LogP contribution in [0.3, 0.4) is 0 Å². The van der Waals surface area contributed by atoms with E-state index < -0.39 is 0 Å². The highest BCUT2D eigenvalue weighted by atomic mass is 16.5. The Morgan fingerprint density at radius 3 is 2.95 bits per heavy atom.